The molecule has 0 bridgehead atoms. The van der Waals surface area contributed by atoms with Crippen LogP contribution >= 0.6 is 0 Å². The molecule has 0 spiro atoms. The van der Waals surface area contributed by atoms with Crippen LogP contribution in [0, 0.1) is 13.8 Å². The quantitative estimate of drug-likeness (QED) is 0.893. The summed E-state index contributed by atoms with van der Waals surface area (Å²) in [4.78, 5) is 8.82. The van der Waals surface area contributed by atoms with E-state index in [-0.39, 0.29) is 0 Å². The standard InChI is InChI=1S/C15H19N3O/c1-11-5-4-8-17-14(11)10-19-15-7-6-12(2)18-13(15)9-16-3/h4-8,16H,9-10H2,1-3H3. The molecule has 0 fully saturated rings. The maximum atomic E-state index is 5.85. The lowest BCUT2D eigenvalue weighted by Gasteiger charge is -2.12. The summed E-state index contributed by atoms with van der Waals surface area (Å²) in [7, 11) is 1.90. The van der Waals surface area contributed by atoms with Gasteiger partial charge in [-0.15, -0.1) is 0 Å². The highest BCUT2D eigenvalue weighted by atomic mass is 16.5. The average Bonchev–Trinajstić information content (AvgIpc) is 2.40. The Morgan fingerprint density at radius 2 is 2.00 bits per heavy atom. The van der Waals surface area contributed by atoms with E-state index in [0.717, 1.165) is 28.4 Å². The minimum atomic E-state index is 0.466. The average molecular weight is 257 g/mol. The number of ether oxygens (including phenoxy) is 1. The fourth-order valence-corrected chi connectivity index (χ4v) is 1.84. The van der Waals surface area contributed by atoms with Crippen LogP contribution in [0.2, 0.25) is 0 Å². The van der Waals surface area contributed by atoms with Gasteiger partial charge >= 0.3 is 0 Å². The van der Waals surface area contributed by atoms with Gasteiger partial charge in [-0.3, -0.25) is 9.97 Å². The van der Waals surface area contributed by atoms with Crippen molar-refractivity contribution >= 4 is 0 Å². The van der Waals surface area contributed by atoms with Crippen LogP contribution in [0.4, 0.5) is 0 Å². The van der Waals surface area contributed by atoms with E-state index in [1.165, 1.54) is 0 Å². The number of rotatable bonds is 5. The van der Waals surface area contributed by atoms with Gasteiger partial charge in [-0.05, 0) is 44.7 Å². The third-order valence-corrected chi connectivity index (χ3v) is 2.90. The Balaban J connectivity index is 2.13. The Labute approximate surface area is 113 Å². The Kier molecular flexibility index (Phi) is 4.47. The number of nitrogens with zero attached hydrogens (tertiary/aromatic N) is 2. The summed E-state index contributed by atoms with van der Waals surface area (Å²) >= 11 is 0. The minimum absolute atomic E-state index is 0.466. The molecule has 19 heavy (non-hydrogen) atoms. The molecule has 0 aromatic carbocycles. The molecule has 0 saturated carbocycles. The maximum Gasteiger partial charge on any atom is 0.142 e. The smallest absolute Gasteiger partial charge is 0.142 e. The number of hydrogen-bond acceptors (Lipinski definition) is 4. The second kappa shape index (κ2) is 6.29. The van der Waals surface area contributed by atoms with Crippen molar-refractivity contribution in [2.75, 3.05) is 7.05 Å². The van der Waals surface area contributed by atoms with Gasteiger partial charge in [0.05, 0.1) is 11.4 Å². The van der Waals surface area contributed by atoms with Crippen molar-refractivity contribution in [2.45, 2.75) is 27.0 Å². The van der Waals surface area contributed by atoms with E-state index in [1.807, 2.05) is 45.2 Å². The first kappa shape index (κ1) is 13.5. The Bertz CT molecular complexity index is 555. The van der Waals surface area contributed by atoms with Gasteiger partial charge in [0.25, 0.3) is 0 Å². The number of pyridine rings is 2. The second-order valence-corrected chi connectivity index (χ2v) is 4.48. The summed E-state index contributed by atoms with van der Waals surface area (Å²) in [6.45, 7) is 5.17. The molecular weight excluding hydrogens is 238 g/mol. The molecule has 0 radical (unpaired) electrons. The zero-order valence-electron chi connectivity index (χ0n) is 11.6. The van der Waals surface area contributed by atoms with Gasteiger partial charge in [0.2, 0.25) is 0 Å². The molecule has 0 aliphatic carbocycles. The molecule has 4 nitrogen and oxygen atoms in total. The van der Waals surface area contributed by atoms with Crippen molar-refractivity contribution in [2.24, 2.45) is 0 Å². The SMILES string of the molecule is CNCc1nc(C)ccc1OCc1ncccc1C. The third-order valence-electron chi connectivity index (χ3n) is 2.90. The number of aromatic nitrogens is 2. The lowest BCUT2D eigenvalue weighted by atomic mass is 10.2. The van der Waals surface area contributed by atoms with Gasteiger partial charge in [0.15, 0.2) is 0 Å². The third kappa shape index (κ3) is 3.51. The van der Waals surface area contributed by atoms with Crippen LogP contribution in [0.5, 0.6) is 5.75 Å². The summed E-state index contributed by atoms with van der Waals surface area (Å²) in [5.41, 5.74) is 4.01. The highest BCUT2D eigenvalue weighted by Gasteiger charge is 2.07. The summed E-state index contributed by atoms with van der Waals surface area (Å²) < 4.78 is 5.85. The van der Waals surface area contributed by atoms with Crippen molar-refractivity contribution in [1.82, 2.24) is 15.3 Å². The van der Waals surface area contributed by atoms with Crippen LogP contribution in [0.1, 0.15) is 22.6 Å². The zero-order chi connectivity index (χ0) is 13.7. The van der Waals surface area contributed by atoms with E-state index in [4.69, 9.17) is 4.74 Å². The van der Waals surface area contributed by atoms with Gasteiger partial charge in [-0.25, -0.2) is 0 Å². The molecule has 2 heterocycles. The number of hydrogen-bond donors (Lipinski definition) is 1. The molecule has 100 valence electrons. The van der Waals surface area contributed by atoms with Gasteiger partial charge in [-0.1, -0.05) is 6.07 Å². The van der Waals surface area contributed by atoms with E-state index in [2.05, 4.69) is 15.3 Å². The molecule has 0 atom stereocenters. The van der Waals surface area contributed by atoms with Crippen molar-refractivity contribution in [3.63, 3.8) is 0 Å². The van der Waals surface area contributed by atoms with E-state index < -0.39 is 0 Å². The Hall–Kier alpha value is -1.94. The van der Waals surface area contributed by atoms with Crippen LogP contribution in [-0.4, -0.2) is 17.0 Å². The summed E-state index contributed by atoms with van der Waals surface area (Å²) in [5.74, 6) is 0.810. The van der Waals surface area contributed by atoms with Crippen molar-refractivity contribution in [1.29, 1.82) is 0 Å². The summed E-state index contributed by atoms with van der Waals surface area (Å²) in [6, 6.07) is 7.89. The fourth-order valence-electron chi connectivity index (χ4n) is 1.84. The predicted molar refractivity (Wildman–Crippen MR) is 75.0 cm³/mol. The first-order valence-electron chi connectivity index (χ1n) is 6.35. The zero-order valence-corrected chi connectivity index (χ0v) is 11.6. The Morgan fingerprint density at radius 1 is 1.16 bits per heavy atom. The van der Waals surface area contributed by atoms with Crippen LogP contribution < -0.4 is 10.1 Å². The highest BCUT2D eigenvalue weighted by molar-refractivity contribution is 5.29. The normalized spacial score (nSPS) is 10.5. The van der Waals surface area contributed by atoms with Gasteiger partial charge in [-0.2, -0.15) is 0 Å². The van der Waals surface area contributed by atoms with E-state index >= 15 is 0 Å². The van der Waals surface area contributed by atoms with E-state index in [1.54, 1.807) is 6.20 Å². The molecule has 0 amide bonds. The van der Waals surface area contributed by atoms with Crippen LogP contribution in [0.3, 0.4) is 0 Å². The van der Waals surface area contributed by atoms with Gasteiger partial charge in [0, 0.05) is 18.4 Å². The van der Waals surface area contributed by atoms with Crippen LogP contribution in [0.15, 0.2) is 30.5 Å². The van der Waals surface area contributed by atoms with E-state index in [0.29, 0.717) is 13.2 Å². The molecular formula is C15H19N3O. The molecule has 4 heteroatoms. The minimum Gasteiger partial charge on any atom is -0.485 e. The van der Waals surface area contributed by atoms with Gasteiger partial charge in [0.1, 0.15) is 12.4 Å². The largest absolute Gasteiger partial charge is 0.485 e. The highest BCUT2D eigenvalue weighted by Crippen LogP contribution is 2.18. The molecule has 2 aromatic heterocycles. The molecule has 0 saturated heterocycles. The predicted octanol–water partition coefficient (Wildman–Crippen LogP) is 2.39. The summed E-state index contributed by atoms with van der Waals surface area (Å²) in [5, 5.41) is 3.10. The lowest BCUT2D eigenvalue weighted by molar-refractivity contribution is 0.295. The first-order chi connectivity index (χ1) is 9.20. The molecule has 2 rings (SSSR count). The second-order valence-electron chi connectivity index (χ2n) is 4.48. The molecule has 0 unspecified atom stereocenters. The summed E-state index contributed by atoms with van der Waals surface area (Å²) in [6.07, 6.45) is 1.79. The van der Waals surface area contributed by atoms with Crippen molar-refractivity contribution in [3.8, 4) is 5.75 Å². The number of nitrogens with one attached hydrogen (secondary N) is 1. The molecule has 2 aromatic rings. The molecule has 0 aliphatic rings. The lowest BCUT2D eigenvalue weighted by Crippen LogP contribution is -2.10. The van der Waals surface area contributed by atoms with Crippen LogP contribution in [0.25, 0.3) is 0 Å². The maximum absolute atomic E-state index is 5.85. The van der Waals surface area contributed by atoms with Gasteiger partial charge < -0.3 is 10.1 Å². The Morgan fingerprint density at radius 3 is 2.74 bits per heavy atom. The van der Waals surface area contributed by atoms with Crippen molar-refractivity contribution in [3.05, 3.63) is 53.1 Å². The topological polar surface area (TPSA) is 47.0 Å². The molecule has 1 N–H and O–H groups in total. The van der Waals surface area contributed by atoms with Crippen molar-refractivity contribution < 1.29 is 4.74 Å². The first-order valence-corrected chi connectivity index (χ1v) is 6.35. The monoisotopic (exact) mass is 257 g/mol. The van der Waals surface area contributed by atoms with Crippen LogP contribution in [-0.2, 0) is 13.2 Å². The fraction of sp³-hybridized carbons (Fsp3) is 0.333. The van der Waals surface area contributed by atoms with E-state index in [9.17, 15) is 0 Å². The number of aryl methyl sites for hydroxylation is 2. The molecule has 0 aliphatic heterocycles.